The summed E-state index contributed by atoms with van der Waals surface area (Å²) in [5.41, 5.74) is 7.11. The van der Waals surface area contributed by atoms with E-state index in [0.29, 0.717) is 10.6 Å². The van der Waals surface area contributed by atoms with Gasteiger partial charge in [-0.05, 0) is 18.6 Å². The molecule has 96 valence electrons. The Bertz CT molecular complexity index is 509. The number of hydrogen-bond donors (Lipinski definition) is 2. The maximum atomic E-state index is 12.0. The van der Waals surface area contributed by atoms with Crippen LogP contribution in [0.4, 0.5) is 5.69 Å². The van der Waals surface area contributed by atoms with Gasteiger partial charge in [0.2, 0.25) is 5.91 Å². The average molecular weight is 265 g/mol. The van der Waals surface area contributed by atoms with E-state index < -0.39 is 10.8 Å². The minimum Gasteiger partial charge on any atom is -0.398 e. The summed E-state index contributed by atoms with van der Waals surface area (Å²) in [6.07, 6.45) is 0.241. The van der Waals surface area contributed by atoms with Crippen molar-refractivity contribution < 1.29 is 9.00 Å². The fraction of sp³-hybridized carbons (Fsp3) is 0.333. The lowest BCUT2D eigenvalue weighted by molar-refractivity contribution is -0.118. The first kappa shape index (κ1) is 14.2. The Morgan fingerprint density at radius 1 is 1.56 bits per heavy atom. The van der Waals surface area contributed by atoms with Crippen LogP contribution >= 0.6 is 0 Å². The Hall–Kier alpha value is -1.87. The molecular formula is C12H15N3O2S. The van der Waals surface area contributed by atoms with Gasteiger partial charge >= 0.3 is 0 Å². The second kappa shape index (κ2) is 6.77. The lowest BCUT2D eigenvalue weighted by Crippen LogP contribution is -2.29. The van der Waals surface area contributed by atoms with Crippen molar-refractivity contribution in [2.75, 3.05) is 18.0 Å². The van der Waals surface area contributed by atoms with E-state index >= 15 is 0 Å². The molecule has 0 heterocycles. The highest BCUT2D eigenvalue weighted by atomic mass is 32.2. The van der Waals surface area contributed by atoms with Crippen LogP contribution < -0.4 is 11.1 Å². The molecule has 0 saturated heterocycles. The fourth-order valence-corrected chi connectivity index (χ4v) is 2.49. The molecule has 1 aromatic rings. The minimum absolute atomic E-state index is 0.140. The van der Waals surface area contributed by atoms with E-state index in [0.717, 1.165) is 5.56 Å². The fourth-order valence-electron chi connectivity index (χ4n) is 1.36. The summed E-state index contributed by atoms with van der Waals surface area (Å²) in [7, 11) is -1.46. The molecule has 3 N–H and O–H groups in total. The number of nitrogens with one attached hydrogen (secondary N) is 1. The topological polar surface area (TPSA) is 96.0 Å². The van der Waals surface area contributed by atoms with Crippen molar-refractivity contribution in [2.24, 2.45) is 0 Å². The Balaban J connectivity index is 2.63. The number of nitrogens with two attached hydrogens (primary N) is 1. The average Bonchev–Trinajstić information content (AvgIpc) is 2.32. The van der Waals surface area contributed by atoms with Gasteiger partial charge in [0.15, 0.2) is 0 Å². The molecular weight excluding hydrogens is 250 g/mol. The number of aryl methyl sites for hydroxylation is 1. The smallest absolute Gasteiger partial charge is 0.233 e. The number of carbonyl (C=O) groups excluding carboxylic acids is 1. The van der Waals surface area contributed by atoms with Crippen LogP contribution in [0.15, 0.2) is 23.1 Å². The van der Waals surface area contributed by atoms with Crippen molar-refractivity contribution in [3.8, 4) is 6.07 Å². The first-order valence-electron chi connectivity index (χ1n) is 5.43. The number of amides is 1. The van der Waals surface area contributed by atoms with Gasteiger partial charge in [0.25, 0.3) is 0 Å². The number of hydrogen-bond acceptors (Lipinski definition) is 4. The summed E-state index contributed by atoms with van der Waals surface area (Å²) in [6.45, 7) is 2.10. The van der Waals surface area contributed by atoms with Gasteiger partial charge in [-0.3, -0.25) is 9.00 Å². The van der Waals surface area contributed by atoms with Crippen LogP contribution in [0.2, 0.25) is 0 Å². The molecule has 1 rings (SSSR count). The van der Waals surface area contributed by atoms with Crippen LogP contribution in [0.1, 0.15) is 12.0 Å². The third-order valence-corrected chi connectivity index (χ3v) is 3.72. The number of nitrogen functional groups attached to an aromatic ring is 1. The van der Waals surface area contributed by atoms with Crippen molar-refractivity contribution in [3.05, 3.63) is 23.8 Å². The molecule has 0 saturated carbocycles. The Morgan fingerprint density at radius 2 is 2.28 bits per heavy atom. The second-order valence-corrected chi connectivity index (χ2v) is 5.15. The van der Waals surface area contributed by atoms with Gasteiger partial charge in [-0.2, -0.15) is 5.26 Å². The molecule has 5 nitrogen and oxygen atoms in total. The van der Waals surface area contributed by atoms with E-state index in [1.54, 1.807) is 12.1 Å². The highest BCUT2D eigenvalue weighted by molar-refractivity contribution is 7.86. The van der Waals surface area contributed by atoms with E-state index in [-0.39, 0.29) is 24.6 Å². The number of para-hydroxylation sites is 1. The monoisotopic (exact) mass is 265 g/mol. The summed E-state index contributed by atoms with van der Waals surface area (Å²) >= 11 is 0. The highest BCUT2D eigenvalue weighted by Crippen LogP contribution is 2.20. The molecule has 1 aromatic carbocycles. The van der Waals surface area contributed by atoms with Crippen molar-refractivity contribution in [2.45, 2.75) is 18.2 Å². The second-order valence-electron chi connectivity index (χ2n) is 3.73. The van der Waals surface area contributed by atoms with Crippen LogP contribution in [0.25, 0.3) is 0 Å². The predicted octanol–water partition coefficient (Wildman–Crippen LogP) is 0.715. The molecule has 0 aromatic heterocycles. The van der Waals surface area contributed by atoms with E-state index in [4.69, 9.17) is 11.0 Å². The van der Waals surface area contributed by atoms with Crippen LogP contribution in [0, 0.1) is 18.3 Å². The highest BCUT2D eigenvalue weighted by Gasteiger charge is 2.13. The molecule has 0 aliphatic heterocycles. The van der Waals surface area contributed by atoms with Crippen molar-refractivity contribution >= 4 is 22.4 Å². The maximum Gasteiger partial charge on any atom is 0.233 e. The van der Waals surface area contributed by atoms with Crippen molar-refractivity contribution in [3.63, 3.8) is 0 Å². The van der Waals surface area contributed by atoms with Gasteiger partial charge in [-0.1, -0.05) is 12.1 Å². The molecule has 1 unspecified atom stereocenters. The molecule has 0 aliphatic rings. The molecule has 0 spiro atoms. The number of anilines is 1. The normalized spacial score (nSPS) is 11.6. The molecule has 0 fully saturated rings. The van der Waals surface area contributed by atoms with Gasteiger partial charge in [-0.15, -0.1) is 0 Å². The van der Waals surface area contributed by atoms with E-state index in [2.05, 4.69) is 5.32 Å². The molecule has 18 heavy (non-hydrogen) atoms. The molecule has 0 radical (unpaired) electrons. The maximum absolute atomic E-state index is 12.0. The van der Waals surface area contributed by atoms with Gasteiger partial charge in [0.05, 0.1) is 33.9 Å². The number of nitriles is 1. The van der Waals surface area contributed by atoms with E-state index in [1.165, 1.54) is 0 Å². The summed E-state index contributed by atoms with van der Waals surface area (Å²) in [4.78, 5) is 11.9. The van der Waals surface area contributed by atoms with Gasteiger partial charge < -0.3 is 11.1 Å². The third-order valence-electron chi connectivity index (χ3n) is 2.35. The summed E-state index contributed by atoms with van der Waals surface area (Å²) in [6, 6.07) is 7.15. The van der Waals surface area contributed by atoms with Crippen LogP contribution in [-0.4, -0.2) is 22.4 Å². The molecule has 0 bridgehead atoms. The largest absolute Gasteiger partial charge is 0.398 e. The van der Waals surface area contributed by atoms with Crippen LogP contribution in [-0.2, 0) is 15.6 Å². The number of rotatable bonds is 5. The zero-order chi connectivity index (χ0) is 13.5. The molecule has 6 heteroatoms. The number of carbonyl (C=O) groups is 1. The molecule has 1 atom stereocenters. The number of benzene rings is 1. The summed E-state index contributed by atoms with van der Waals surface area (Å²) in [5, 5.41) is 10.9. The lowest BCUT2D eigenvalue weighted by atomic mass is 10.2. The predicted molar refractivity (Wildman–Crippen MR) is 70.1 cm³/mol. The first-order chi connectivity index (χ1) is 8.56. The Labute approximate surface area is 108 Å². The molecule has 0 aliphatic carbocycles. The van der Waals surface area contributed by atoms with Crippen LogP contribution in [0.3, 0.4) is 0 Å². The van der Waals surface area contributed by atoms with Crippen LogP contribution in [0.5, 0.6) is 0 Å². The first-order valence-corrected chi connectivity index (χ1v) is 6.75. The van der Waals surface area contributed by atoms with Gasteiger partial charge in [0.1, 0.15) is 5.75 Å². The van der Waals surface area contributed by atoms with E-state index in [1.807, 2.05) is 19.1 Å². The van der Waals surface area contributed by atoms with Crippen molar-refractivity contribution in [1.29, 1.82) is 5.26 Å². The summed E-state index contributed by atoms with van der Waals surface area (Å²) in [5.74, 6) is -0.483. The third kappa shape index (κ3) is 3.86. The van der Waals surface area contributed by atoms with E-state index in [9.17, 15) is 9.00 Å². The Kier molecular flexibility index (Phi) is 5.33. The lowest BCUT2D eigenvalue weighted by Gasteiger charge is -2.08. The standard InChI is InChI=1S/C12H15N3O2S/c1-9-4-2-5-10(12(9)14)18(17)8-11(16)15-7-3-6-13/h2,4-5H,3,7-8,14H2,1H3,(H,15,16). The van der Waals surface area contributed by atoms with Gasteiger partial charge in [0, 0.05) is 6.54 Å². The quantitative estimate of drug-likeness (QED) is 0.605. The SMILES string of the molecule is Cc1cccc(S(=O)CC(=O)NCCC#N)c1N. The number of nitrogens with zero attached hydrogens (tertiary/aromatic N) is 1. The summed E-state index contributed by atoms with van der Waals surface area (Å²) < 4.78 is 12.0. The molecule has 1 amide bonds. The Morgan fingerprint density at radius 3 is 2.94 bits per heavy atom. The zero-order valence-electron chi connectivity index (χ0n) is 10.1. The zero-order valence-corrected chi connectivity index (χ0v) is 10.9. The minimum atomic E-state index is -1.46. The van der Waals surface area contributed by atoms with Crippen molar-refractivity contribution in [1.82, 2.24) is 5.32 Å². The van der Waals surface area contributed by atoms with Gasteiger partial charge in [-0.25, -0.2) is 0 Å².